The highest BCUT2D eigenvalue weighted by Crippen LogP contribution is 2.14. The van der Waals surface area contributed by atoms with Crippen molar-refractivity contribution in [3.05, 3.63) is 0 Å². The van der Waals surface area contributed by atoms with Crippen molar-refractivity contribution in [1.82, 2.24) is 0 Å². The monoisotopic (exact) mass is 118 g/mol. The summed E-state index contributed by atoms with van der Waals surface area (Å²) in [4.78, 5) is 0. The molecule has 1 heteroatoms. The Balaban J connectivity index is 3.35. The van der Waals surface area contributed by atoms with Crippen LogP contribution in [0.2, 0.25) is 0 Å². The summed E-state index contributed by atoms with van der Waals surface area (Å²) in [6.45, 7) is 6.63. The van der Waals surface area contributed by atoms with E-state index in [1.807, 2.05) is 0 Å². The third-order valence-electron chi connectivity index (χ3n) is 1.04. The van der Waals surface area contributed by atoms with Crippen LogP contribution < -0.4 is 0 Å². The first-order chi connectivity index (χ1) is 3.18. The molecule has 0 aromatic heterocycles. The van der Waals surface area contributed by atoms with E-state index in [1.54, 1.807) is 0 Å². The predicted octanol–water partition coefficient (Wildman–Crippen LogP) is 2.12. The first kappa shape index (κ1) is 7.22. The first-order valence-corrected chi connectivity index (χ1v) is 4.30. The van der Waals surface area contributed by atoms with Gasteiger partial charge < -0.3 is 0 Å². The van der Waals surface area contributed by atoms with Gasteiger partial charge in [0.15, 0.2) is 0 Å². The zero-order valence-corrected chi connectivity index (χ0v) is 6.22. The van der Waals surface area contributed by atoms with Crippen LogP contribution in [0.1, 0.15) is 20.8 Å². The second-order valence-electron chi connectivity index (χ2n) is 1.87. The molecule has 0 rings (SSSR count). The zero-order valence-electron chi connectivity index (χ0n) is 5.40. The Morgan fingerprint density at radius 3 is 2.00 bits per heavy atom. The number of rotatable bonds is 2. The van der Waals surface area contributed by atoms with E-state index in [-0.39, 0.29) is 0 Å². The Hall–Kier alpha value is 0.220. The average molecular weight is 118 g/mol. The molecule has 0 spiro atoms. The van der Waals surface area contributed by atoms with Crippen molar-refractivity contribution >= 4 is 16.4 Å². The van der Waals surface area contributed by atoms with Crippen molar-refractivity contribution in [1.29, 1.82) is 0 Å². The van der Waals surface area contributed by atoms with Crippen molar-refractivity contribution in [3.8, 4) is 0 Å². The summed E-state index contributed by atoms with van der Waals surface area (Å²) in [7, 11) is 0.421. The molecule has 0 aromatic rings. The van der Waals surface area contributed by atoms with Gasteiger partial charge in [0.25, 0.3) is 0 Å². The maximum atomic E-state index is 3.98. The third-order valence-corrected chi connectivity index (χ3v) is 3.11. The molecule has 0 aromatic carbocycles. The number of hydrogen-bond donors (Lipinski definition) is 0. The SMILES string of the molecule is C=S(CC)C(C)C. The molecule has 1 unspecified atom stereocenters. The average Bonchev–Trinajstić information content (AvgIpc) is 1.65. The van der Waals surface area contributed by atoms with Gasteiger partial charge in [0.05, 0.1) is 0 Å². The largest absolute Gasteiger partial charge is 0.191 e. The van der Waals surface area contributed by atoms with Crippen LogP contribution >= 0.6 is 10.5 Å². The second-order valence-corrected chi connectivity index (χ2v) is 4.47. The summed E-state index contributed by atoms with van der Waals surface area (Å²) in [5.74, 6) is 5.22. The molecule has 0 radical (unpaired) electrons. The lowest BCUT2D eigenvalue weighted by Gasteiger charge is -2.05. The van der Waals surface area contributed by atoms with Crippen LogP contribution in [0.4, 0.5) is 0 Å². The van der Waals surface area contributed by atoms with E-state index in [4.69, 9.17) is 0 Å². The molecule has 0 aliphatic carbocycles. The lowest BCUT2D eigenvalue weighted by atomic mass is 10.6. The van der Waals surface area contributed by atoms with E-state index in [1.165, 1.54) is 5.75 Å². The fourth-order valence-corrected chi connectivity index (χ4v) is 1.00. The van der Waals surface area contributed by atoms with E-state index < -0.39 is 0 Å². The van der Waals surface area contributed by atoms with Crippen LogP contribution in [0.15, 0.2) is 0 Å². The summed E-state index contributed by atoms with van der Waals surface area (Å²) in [5, 5.41) is 0.782. The van der Waals surface area contributed by atoms with E-state index >= 15 is 0 Å². The lowest BCUT2D eigenvalue weighted by molar-refractivity contribution is 1.11. The molecular formula is C6H14S. The summed E-state index contributed by atoms with van der Waals surface area (Å²) in [6, 6.07) is 0. The Morgan fingerprint density at radius 2 is 2.00 bits per heavy atom. The molecule has 0 saturated carbocycles. The van der Waals surface area contributed by atoms with E-state index in [0.717, 1.165) is 5.25 Å². The first-order valence-electron chi connectivity index (χ1n) is 2.67. The van der Waals surface area contributed by atoms with Gasteiger partial charge in [-0.3, -0.25) is 0 Å². The molecule has 7 heavy (non-hydrogen) atoms. The van der Waals surface area contributed by atoms with Gasteiger partial charge in [-0.25, -0.2) is 0 Å². The predicted molar refractivity (Wildman–Crippen MR) is 40.4 cm³/mol. The van der Waals surface area contributed by atoms with Gasteiger partial charge in [-0.2, -0.15) is 10.5 Å². The van der Waals surface area contributed by atoms with Crippen LogP contribution in [0, 0.1) is 0 Å². The topological polar surface area (TPSA) is 0 Å². The maximum Gasteiger partial charge on any atom is -0.00648 e. The summed E-state index contributed by atoms with van der Waals surface area (Å²) < 4.78 is 0. The lowest BCUT2D eigenvalue weighted by Crippen LogP contribution is -1.90. The fourth-order valence-electron chi connectivity index (χ4n) is 0.333. The van der Waals surface area contributed by atoms with Crippen LogP contribution in [0.5, 0.6) is 0 Å². The minimum atomic E-state index is 0.421. The Kier molecular flexibility index (Phi) is 3.35. The van der Waals surface area contributed by atoms with Gasteiger partial charge in [-0.1, -0.05) is 26.6 Å². The van der Waals surface area contributed by atoms with Gasteiger partial charge >= 0.3 is 0 Å². The normalized spacial score (nSPS) is 14.9. The minimum absolute atomic E-state index is 0.421. The van der Waals surface area contributed by atoms with Crippen LogP contribution in [-0.4, -0.2) is 16.9 Å². The van der Waals surface area contributed by atoms with Gasteiger partial charge in [0, 0.05) is 0 Å². The van der Waals surface area contributed by atoms with Crippen molar-refractivity contribution < 1.29 is 0 Å². The summed E-state index contributed by atoms with van der Waals surface area (Å²) in [6.07, 6.45) is 0. The number of hydrogen-bond acceptors (Lipinski definition) is 0. The van der Waals surface area contributed by atoms with Crippen LogP contribution in [0.3, 0.4) is 0 Å². The minimum Gasteiger partial charge on any atom is -0.191 e. The molecule has 1 atom stereocenters. The molecular weight excluding hydrogens is 104 g/mol. The van der Waals surface area contributed by atoms with Crippen molar-refractivity contribution in [2.75, 3.05) is 5.75 Å². The quantitative estimate of drug-likeness (QED) is 0.487. The maximum absolute atomic E-state index is 3.98. The van der Waals surface area contributed by atoms with Gasteiger partial charge in [0.2, 0.25) is 0 Å². The van der Waals surface area contributed by atoms with E-state index in [9.17, 15) is 0 Å². The summed E-state index contributed by atoms with van der Waals surface area (Å²) >= 11 is 0. The van der Waals surface area contributed by atoms with Crippen LogP contribution in [-0.2, 0) is 0 Å². The second kappa shape index (κ2) is 3.25. The van der Waals surface area contributed by atoms with Gasteiger partial charge in [-0.15, -0.1) is 0 Å². The standard InChI is InChI=1S/C6H14S/c1-5-7(4)6(2)3/h6H,4-5H2,1-3H3. The highest BCUT2D eigenvalue weighted by atomic mass is 32.2. The third kappa shape index (κ3) is 2.86. The molecule has 0 N–H and O–H groups in total. The van der Waals surface area contributed by atoms with Crippen molar-refractivity contribution in [3.63, 3.8) is 0 Å². The molecule has 0 aliphatic rings. The molecule has 0 bridgehead atoms. The smallest absolute Gasteiger partial charge is 0.00648 e. The van der Waals surface area contributed by atoms with Gasteiger partial charge in [-0.05, 0) is 11.0 Å². The van der Waals surface area contributed by atoms with Gasteiger partial charge in [0.1, 0.15) is 0 Å². The molecule has 0 fully saturated rings. The summed E-state index contributed by atoms with van der Waals surface area (Å²) in [5.41, 5.74) is 0. The molecule has 44 valence electrons. The van der Waals surface area contributed by atoms with Crippen molar-refractivity contribution in [2.45, 2.75) is 26.0 Å². The Morgan fingerprint density at radius 1 is 1.57 bits per heavy atom. The highest BCUT2D eigenvalue weighted by molar-refractivity contribution is 8.14. The molecule has 0 nitrogen and oxygen atoms in total. The van der Waals surface area contributed by atoms with Crippen LogP contribution in [0.25, 0.3) is 0 Å². The molecule has 0 heterocycles. The van der Waals surface area contributed by atoms with Crippen molar-refractivity contribution in [2.24, 2.45) is 0 Å². The van der Waals surface area contributed by atoms with E-state index in [2.05, 4.69) is 26.6 Å². The molecule has 0 aliphatic heterocycles. The highest BCUT2D eigenvalue weighted by Gasteiger charge is 1.90. The Bertz CT molecular complexity index is 64.6. The molecule has 0 amide bonds. The van der Waals surface area contributed by atoms with E-state index in [0.29, 0.717) is 10.5 Å². The zero-order chi connectivity index (χ0) is 5.86. The fraction of sp³-hybridized carbons (Fsp3) is 0.833. The Labute approximate surface area is 48.9 Å². The molecule has 0 saturated heterocycles.